The van der Waals surface area contributed by atoms with E-state index in [0.717, 1.165) is 44.6 Å². The molecule has 0 bridgehead atoms. The molecule has 0 aromatic heterocycles. The van der Waals surface area contributed by atoms with Crippen molar-refractivity contribution in [1.29, 1.82) is 0 Å². The van der Waals surface area contributed by atoms with Gasteiger partial charge in [-0.25, -0.2) is 0 Å². The Hall–Kier alpha value is -1.92. The van der Waals surface area contributed by atoms with Gasteiger partial charge in [-0.2, -0.15) is 0 Å². The molecule has 1 heterocycles. The highest BCUT2D eigenvalue weighted by atomic mass is 16.5. The standard InChI is InChI=1S/C17H24N2O4/c1-23-12-16(20)18-15-4-2-13(3-5-15)6-9-19-10-7-14(8-11-19)17(21)22/h2-5,14H,6-12H2,1H3,(H,18,20)(H,21,22). The smallest absolute Gasteiger partial charge is 0.306 e. The Labute approximate surface area is 136 Å². The summed E-state index contributed by atoms with van der Waals surface area (Å²) in [6.07, 6.45) is 2.39. The number of carbonyl (C=O) groups excluding carboxylic acids is 1. The van der Waals surface area contributed by atoms with Crippen LogP contribution in [0.2, 0.25) is 0 Å². The summed E-state index contributed by atoms with van der Waals surface area (Å²) >= 11 is 0. The van der Waals surface area contributed by atoms with E-state index in [-0.39, 0.29) is 18.4 Å². The summed E-state index contributed by atoms with van der Waals surface area (Å²) in [5, 5.41) is 11.8. The minimum Gasteiger partial charge on any atom is -0.481 e. The van der Waals surface area contributed by atoms with Crippen molar-refractivity contribution in [2.24, 2.45) is 5.92 Å². The van der Waals surface area contributed by atoms with E-state index in [2.05, 4.69) is 10.2 Å². The van der Waals surface area contributed by atoms with Crippen LogP contribution in [0.15, 0.2) is 24.3 Å². The average Bonchev–Trinajstić information content (AvgIpc) is 2.55. The summed E-state index contributed by atoms with van der Waals surface area (Å²) < 4.78 is 4.77. The number of aliphatic carboxylic acids is 1. The predicted molar refractivity (Wildman–Crippen MR) is 87.5 cm³/mol. The van der Waals surface area contributed by atoms with Crippen LogP contribution in [0.4, 0.5) is 5.69 Å². The summed E-state index contributed by atoms with van der Waals surface area (Å²) in [5.74, 6) is -1.02. The van der Waals surface area contributed by atoms with Crippen LogP contribution >= 0.6 is 0 Å². The summed E-state index contributed by atoms with van der Waals surface area (Å²) in [4.78, 5) is 24.7. The van der Waals surface area contributed by atoms with Crippen LogP contribution in [0.25, 0.3) is 0 Å². The number of carboxylic acids is 1. The summed E-state index contributed by atoms with van der Waals surface area (Å²) in [6.45, 7) is 2.68. The van der Waals surface area contributed by atoms with E-state index in [9.17, 15) is 9.59 Å². The van der Waals surface area contributed by atoms with Gasteiger partial charge >= 0.3 is 5.97 Å². The van der Waals surface area contributed by atoms with E-state index in [1.54, 1.807) is 0 Å². The number of benzene rings is 1. The number of carboxylic acid groups (broad SMARTS) is 1. The summed E-state index contributed by atoms with van der Waals surface area (Å²) in [6, 6.07) is 7.79. The molecule has 0 radical (unpaired) electrons. The fourth-order valence-corrected chi connectivity index (χ4v) is 2.77. The Balaban J connectivity index is 1.74. The van der Waals surface area contributed by atoms with Gasteiger partial charge in [0.2, 0.25) is 5.91 Å². The third-order valence-electron chi connectivity index (χ3n) is 4.17. The van der Waals surface area contributed by atoms with Gasteiger partial charge in [0.1, 0.15) is 6.61 Å². The van der Waals surface area contributed by atoms with Crippen LogP contribution in [0.3, 0.4) is 0 Å². The number of piperidine rings is 1. The van der Waals surface area contributed by atoms with Crippen molar-refractivity contribution in [3.8, 4) is 0 Å². The second kappa shape index (κ2) is 8.64. The molecule has 2 N–H and O–H groups in total. The van der Waals surface area contributed by atoms with Gasteiger partial charge in [0.05, 0.1) is 5.92 Å². The van der Waals surface area contributed by atoms with Crippen molar-refractivity contribution >= 4 is 17.6 Å². The highest BCUT2D eigenvalue weighted by molar-refractivity contribution is 5.91. The molecule has 2 rings (SSSR count). The second-order valence-corrected chi connectivity index (χ2v) is 5.88. The zero-order chi connectivity index (χ0) is 16.7. The zero-order valence-corrected chi connectivity index (χ0v) is 13.5. The Bertz CT molecular complexity index is 522. The number of nitrogens with zero attached hydrogens (tertiary/aromatic N) is 1. The lowest BCUT2D eigenvalue weighted by atomic mass is 9.97. The fourth-order valence-electron chi connectivity index (χ4n) is 2.77. The van der Waals surface area contributed by atoms with Crippen LogP contribution < -0.4 is 5.32 Å². The Morgan fingerprint density at radius 1 is 1.26 bits per heavy atom. The molecule has 0 aliphatic carbocycles. The molecule has 6 heteroatoms. The van der Waals surface area contributed by atoms with E-state index < -0.39 is 5.97 Å². The van der Waals surface area contributed by atoms with Crippen LogP contribution in [-0.2, 0) is 20.7 Å². The lowest BCUT2D eigenvalue weighted by Gasteiger charge is -2.29. The van der Waals surface area contributed by atoms with E-state index in [1.165, 1.54) is 12.7 Å². The number of amides is 1. The highest BCUT2D eigenvalue weighted by Crippen LogP contribution is 2.18. The zero-order valence-electron chi connectivity index (χ0n) is 13.5. The number of methoxy groups -OCH3 is 1. The maximum absolute atomic E-state index is 11.4. The lowest BCUT2D eigenvalue weighted by molar-refractivity contribution is -0.143. The molecule has 0 unspecified atom stereocenters. The predicted octanol–water partition coefficient (Wildman–Crippen LogP) is 1.61. The number of hydrogen-bond acceptors (Lipinski definition) is 4. The van der Waals surface area contributed by atoms with Crippen molar-refractivity contribution in [3.63, 3.8) is 0 Å². The first kappa shape index (κ1) is 17.4. The minimum absolute atomic E-state index is 0.0497. The fraction of sp³-hybridized carbons (Fsp3) is 0.529. The Morgan fingerprint density at radius 2 is 1.91 bits per heavy atom. The molecule has 0 spiro atoms. The molecule has 1 aromatic rings. The second-order valence-electron chi connectivity index (χ2n) is 5.88. The number of nitrogens with one attached hydrogen (secondary N) is 1. The monoisotopic (exact) mass is 320 g/mol. The van der Waals surface area contributed by atoms with Crippen LogP contribution in [0.1, 0.15) is 18.4 Å². The quantitative estimate of drug-likeness (QED) is 0.798. The molecule has 6 nitrogen and oxygen atoms in total. The molecule has 1 saturated heterocycles. The Kier molecular flexibility index (Phi) is 6.55. The topological polar surface area (TPSA) is 78.9 Å². The molecule has 0 atom stereocenters. The summed E-state index contributed by atoms with van der Waals surface area (Å²) in [5.41, 5.74) is 1.97. The molecular formula is C17H24N2O4. The number of anilines is 1. The Morgan fingerprint density at radius 3 is 2.48 bits per heavy atom. The van der Waals surface area contributed by atoms with Crippen LogP contribution in [-0.4, -0.2) is 55.2 Å². The number of carbonyl (C=O) groups is 2. The molecule has 1 aliphatic rings. The SMILES string of the molecule is COCC(=O)Nc1ccc(CCN2CCC(C(=O)O)CC2)cc1. The first-order chi connectivity index (χ1) is 11.1. The van der Waals surface area contributed by atoms with Gasteiger partial charge in [-0.3, -0.25) is 9.59 Å². The average molecular weight is 320 g/mol. The van der Waals surface area contributed by atoms with Gasteiger partial charge < -0.3 is 20.1 Å². The largest absolute Gasteiger partial charge is 0.481 e. The van der Waals surface area contributed by atoms with Gasteiger partial charge in [-0.05, 0) is 50.0 Å². The van der Waals surface area contributed by atoms with Crippen molar-refractivity contribution in [1.82, 2.24) is 4.90 Å². The third kappa shape index (κ3) is 5.65. The van der Waals surface area contributed by atoms with Crippen LogP contribution in [0.5, 0.6) is 0 Å². The van der Waals surface area contributed by atoms with E-state index >= 15 is 0 Å². The first-order valence-corrected chi connectivity index (χ1v) is 7.91. The van der Waals surface area contributed by atoms with Crippen molar-refractivity contribution in [2.45, 2.75) is 19.3 Å². The molecule has 126 valence electrons. The number of ether oxygens (including phenoxy) is 1. The molecule has 0 saturated carbocycles. The number of likely N-dealkylation sites (tertiary alicyclic amines) is 1. The van der Waals surface area contributed by atoms with Gasteiger partial charge in [-0.1, -0.05) is 12.1 Å². The lowest BCUT2D eigenvalue weighted by Crippen LogP contribution is -2.37. The van der Waals surface area contributed by atoms with E-state index in [1.807, 2.05) is 24.3 Å². The van der Waals surface area contributed by atoms with Gasteiger partial charge in [-0.15, -0.1) is 0 Å². The normalized spacial score (nSPS) is 16.2. The van der Waals surface area contributed by atoms with Gasteiger partial charge in [0.15, 0.2) is 0 Å². The minimum atomic E-state index is -0.671. The number of hydrogen-bond donors (Lipinski definition) is 2. The third-order valence-corrected chi connectivity index (χ3v) is 4.17. The van der Waals surface area contributed by atoms with E-state index in [4.69, 9.17) is 9.84 Å². The first-order valence-electron chi connectivity index (χ1n) is 7.91. The van der Waals surface area contributed by atoms with Crippen molar-refractivity contribution < 1.29 is 19.4 Å². The van der Waals surface area contributed by atoms with Gasteiger partial charge in [0.25, 0.3) is 0 Å². The molecular weight excluding hydrogens is 296 g/mol. The molecule has 23 heavy (non-hydrogen) atoms. The maximum atomic E-state index is 11.4. The van der Waals surface area contributed by atoms with Gasteiger partial charge in [0, 0.05) is 19.3 Å². The number of rotatable bonds is 7. The van der Waals surface area contributed by atoms with Crippen molar-refractivity contribution in [3.05, 3.63) is 29.8 Å². The highest BCUT2D eigenvalue weighted by Gasteiger charge is 2.23. The van der Waals surface area contributed by atoms with Crippen LogP contribution in [0, 0.1) is 5.92 Å². The molecule has 1 aliphatic heterocycles. The molecule has 1 fully saturated rings. The van der Waals surface area contributed by atoms with E-state index in [0.29, 0.717) is 0 Å². The van der Waals surface area contributed by atoms with Crippen molar-refractivity contribution in [2.75, 3.05) is 38.7 Å². The summed E-state index contributed by atoms with van der Waals surface area (Å²) in [7, 11) is 1.49. The molecule has 1 amide bonds. The maximum Gasteiger partial charge on any atom is 0.306 e. The molecule has 1 aromatic carbocycles.